The Morgan fingerprint density at radius 1 is 1.26 bits per heavy atom. The van der Waals surface area contributed by atoms with E-state index in [1.165, 1.54) is 19.2 Å². The van der Waals surface area contributed by atoms with Crippen LogP contribution in [0, 0.1) is 0 Å². The van der Waals surface area contributed by atoms with E-state index in [-0.39, 0.29) is 5.02 Å². The van der Waals surface area contributed by atoms with Gasteiger partial charge < -0.3 is 10.6 Å². The number of hydrogen-bond donors (Lipinski definition) is 2. The molecule has 7 heteroatoms. The van der Waals surface area contributed by atoms with Gasteiger partial charge in [0.2, 0.25) is 5.91 Å². The van der Waals surface area contributed by atoms with E-state index in [4.69, 9.17) is 11.6 Å². The third kappa shape index (κ3) is 3.61. The van der Waals surface area contributed by atoms with Gasteiger partial charge in [0.25, 0.3) is 0 Å². The van der Waals surface area contributed by atoms with Crippen molar-refractivity contribution in [2.24, 2.45) is 0 Å². The van der Waals surface area contributed by atoms with Gasteiger partial charge in [0.05, 0.1) is 21.8 Å². The second-order valence-electron chi connectivity index (χ2n) is 4.49. The molecule has 2 N–H and O–H groups in total. The van der Waals surface area contributed by atoms with E-state index in [0.717, 1.165) is 6.07 Å². The SMILES string of the molecule is CNC(C)(C)C(=O)Nc1c(Cl)cccc1C(F)(F)F. The Balaban J connectivity index is 3.18. The predicted molar refractivity (Wildman–Crippen MR) is 68.2 cm³/mol. The van der Waals surface area contributed by atoms with Crippen molar-refractivity contribution in [2.45, 2.75) is 25.6 Å². The van der Waals surface area contributed by atoms with Crippen molar-refractivity contribution in [2.75, 3.05) is 12.4 Å². The van der Waals surface area contributed by atoms with E-state index in [2.05, 4.69) is 10.6 Å². The van der Waals surface area contributed by atoms with Gasteiger partial charge in [-0.05, 0) is 33.0 Å². The van der Waals surface area contributed by atoms with Crippen LogP contribution in [0.15, 0.2) is 18.2 Å². The van der Waals surface area contributed by atoms with Crippen molar-refractivity contribution in [1.82, 2.24) is 5.32 Å². The van der Waals surface area contributed by atoms with E-state index < -0.39 is 28.9 Å². The summed E-state index contributed by atoms with van der Waals surface area (Å²) in [5.41, 5.74) is -2.41. The number of carbonyl (C=O) groups is 1. The first kappa shape index (κ1) is 15.8. The van der Waals surface area contributed by atoms with Crippen molar-refractivity contribution in [3.05, 3.63) is 28.8 Å². The fourth-order valence-corrected chi connectivity index (χ4v) is 1.49. The number of benzene rings is 1. The van der Waals surface area contributed by atoms with Crippen LogP contribution in [0.4, 0.5) is 18.9 Å². The molecule has 0 heterocycles. The maximum absolute atomic E-state index is 12.8. The van der Waals surface area contributed by atoms with Crippen LogP contribution < -0.4 is 10.6 Å². The Kier molecular flexibility index (Phi) is 4.47. The zero-order valence-electron chi connectivity index (χ0n) is 10.7. The van der Waals surface area contributed by atoms with E-state index in [9.17, 15) is 18.0 Å². The lowest BCUT2D eigenvalue weighted by atomic mass is 10.0. The van der Waals surface area contributed by atoms with Crippen molar-refractivity contribution in [3.8, 4) is 0 Å². The number of carbonyl (C=O) groups excluding carboxylic acids is 1. The van der Waals surface area contributed by atoms with Gasteiger partial charge in [0.15, 0.2) is 0 Å². The highest BCUT2D eigenvalue weighted by Gasteiger charge is 2.36. The highest BCUT2D eigenvalue weighted by Crippen LogP contribution is 2.38. The molecule has 0 unspecified atom stereocenters. The minimum Gasteiger partial charge on any atom is -0.323 e. The smallest absolute Gasteiger partial charge is 0.323 e. The molecule has 0 saturated carbocycles. The van der Waals surface area contributed by atoms with Gasteiger partial charge in [-0.15, -0.1) is 0 Å². The molecule has 0 saturated heterocycles. The van der Waals surface area contributed by atoms with Crippen LogP contribution in [0.2, 0.25) is 5.02 Å². The Morgan fingerprint density at radius 3 is 2.32 bits per heavy atom. The fourth-order valence-electron chi connectivity index (χ4n) is 1.27. The Hall–Kier alpha value is -1.27. The highest BCUT2D eigenvalue weighted by atomic mass is 35.5. The fraction of sp³-hybridized carbons (Fsp3) is 0.417. The van der Waals surface area contributed by atoms with Crippen LogP contribution in [0.1, 0.15) is 19.4 Å². The third-order valence-electron chi connectivity index (χ3n) is 2.75. The largest absolute Gasteiger partial charge is 0.418 e. The van der Waals surface area contributed by atoms with E-state index in [0.29, 0.717) is 0 Å². The van der Waals surface area contributed by atoms with Crippen LogP contribution >= 0.6 is 11.6 Å². The Morgan fingerprint density at radius 2 is 1.84 bits per heavy atom. The summed E-state index contributed by atoms with van der Waals surface area (Å²) in [7, 11) is 1.54. The van der Waals surface area contributed by atoms with Crippen molar-refractivity contribution in [3.63, 3.8) is 0 Å². The number of likely N-dealkylation sites (N-methyl/N-ethyl adjacent to an activating group) is 1. The summed E-state index contributed by atoms with van der Waals surface area (Å²) in [5.74, 6) is -0.603. The minimum absolute atomic E-state index is 0.157. The molecule has 0 aliphatic heterocycles. The summed E-state index contributed by atoms with van der Waals surface area (Å²) in [5, 5.41) is 4.77. The molecule has 0 spiro atoms. The quantitative estimate of drug-likeness (QED) is 0.898. The zero-order valence-corrected chi connectivity index (χ0v) is 11.4. The van der Waals surface area contributed by atoms with Gasteiger partial charge in [-0.3, -0.25) is 4.79 Å². The second-order valence-corrected chi connectivity index (χ2v) is 4.90. The number of para-hydroxylation sites is 1. The number of halogens is 4. The summed E-state index contributed by atoms with van der Waals surface area (Å²) in [6, 6.07) is 3.34. The molecule has 1 amide bonds. The predicted octanol–water partition coefficient (Wildman–Crippen LogP) is 3.30. The van der Waals surface area contributed by atoms with Crippen molar-refractivity contribution < 1.29 is 18.0 Å². The molecule has 0 aliphatic rings. The lowest BCUT2D eigenvalue weighted by Crippen LogP contribution is -2.48. The zero-order chi connectivity index (χ0) is 14.8. The first-order valence-corrected chi connectivity index (χ1v) is 5.83. The first-order valence-electron chi connectivity index (χ1n) is 5.45. The van der Waals surface area contributed by atoms with E-state index >= 15 is 0 Å². The van der Waals surface area contributed by atoms with Gasteiger partial charge in [0.1, 0.15) is 0 Å². The molecule has 1 rings (SSSR count). The molecule has 3 nitrogen and oxygen atoms in total. The molecule has 19 heavy (non-hydrogen) atoms. The third-order valence-corrected chi connectivity index (χ3v) is 3.07. The first-order chi connectivity index (χ1) is 8.59. The lowest BCUT2D eigenvalue weighted by Gasteiger charge is -2.24. The molecular formula is C12H14ClF3N2O. The summed E-state index contributed by atoms with van der Waals surface area (Å²) < 4.78 is 38.5. The molecular weight excluding hydrogens is 281 g/mol. The normalized spacial score (nSPS) is 12.4. The Bertz CT molecular complexity index is 486. The molecule has 0 aliphatic carbocycles. The highest BCUT2D eigenvalue weighted by molar-refractivity contribution is 6.34. The maximum Gasteiger partial charge on any atom is 0.418 e. The standard InChI is InChI=1S/C12H14ClF3N2O/c1-11(2,17-3)10(19)18-9-7(12(14,15)16)5-4-6-8(9)13/h4-6,17H,1-3H3,(H,18,19). The number of hydrogen-bond acceptors (Lipinski definition) is 2. The van der Waals surface area contributed by atoms with Gasteiger partial charge in [-0.2, -0.15) is 13.2 Å². The van der Waals surface area contributed by atoms with E-state index in [1.807, 2.05) is 0 Å². The summed E-state index contributed by atoms with van der Waals surface area (Å²) in [6.07, 6.45) is -4.59. The lowest BCUT2D eigenvalue weighted by molar-refractivity contribution is -0.137. The molecule has 106 valence electrons. The van der Waals surface area contributed by atoms with E-state index in [1.54, 1.807) is 13.8 Å². The van der Waals surface area contributed by atoms with Crippen LogP contribution in [-0.4, -0.2) is 18.5 Å². The summed E-state index contributed by atoms with van der Waals surface area (Å²) in [6.45, 7) is 3.10. The Labute approximate surface area is 114 Å². The molecule has 0 fully saturated rings. The monoisotopic (exact) mass is 294 g/mol. The minimum atomic E-state index is -4.59. The number of anilines is 1. The summed E-state index contributed by atoms with van der Waals surface area (Å²) >= 11 is 5.74. The molecule has 0 radical (unpaired) electrons. The molecule has 1 aromatic rings. The average molecular weight is 295 g/mol. The topological polar surface area (TPSA) is 41.1 Å². The number of nitrogens with one attached hydrogen (secondary N) is 2. The average Bonchev–Trinajstić information content (AvgIpc) is 2.30. The maximum atomic E-state index is 12.8. The molecule has 0 atom stereocenters. The molecule has 0 bridgehead atoms. The van der Waals surface area contributed by atoms with Gasteiger partial charge in [-0.1, -0.05) is 17.7 Å². The van der Waals surface area contributed by atoms with Crippen LogP contribution in [-0.2, 0) is 11.0 Å². The number of rotatable bonds is 3. The van der Waals surface area contributed by atoms with Crippen LogP contribution in [0.5, 0.6) is 0 Å². The van der Waals surface area contributed by atoms with Gasteiger partial charge in [0, 0.05) is 0 Å². The second kappa shape index (κ2) is 5.38. The van der Waals surface area contributed by atoms with Crippen LogP contribution in [0.25, 0.3) is 0 Å². The number of amides is 1. The van der Waals surface area contributed by atoms with Gasteiger partial charge >= 0.3 is 6.18 Å². The van der Waals surface area contributed by atoms with Crippen molar-refractivity contribution in [1.29, 1.82) is 0 Å². The van der Waals surface area contributed by atoms with Crippen LogP contribution in [0.3, 0.4) is 0 Å². The molecule has 0 aromatic heterocycles. The number of alkyl halides is 3. The molecule has 1 aromatic carbocycles. The van der Waals surface area contributed by atoms with Gasteiger partial charge in [-0.25, -0.2) is 0 Å². The van der Waals surface area contributed by atoms with Crippen molar-refractivity contribution >= 4 is 23.2 Å². The summed E-state index contributed by atoms with van der Waals surface area (Å²) in [4.78, 5) is 11.9.